The molecule has 21 heavy (non-hydrogen) atoms. The molecule has 5 nitrogen and oxygen atoms in total. The number of rotatable bonds is 1. The van der Waals surface area contributed by atoms with Crippen LogP contribution in [0.3, 0.4) is 0 Å². The maximum absolute atomic E-state index is 8.62. The number of nitrogens with zero attached hydrogens (tertiary/aromatic N) is 4. The minimum absolute atomic E-state index is 0.161. The van der Waals surface area contributed by atoms with E-state index in [9.17, 15) is 0 Å². The summed E-state index contributed by atoms with van der Waals surface area (Å²) >= 11 is 11.3. The highest BCUT2D eigenvalue weighted by atomic mass is 35.5. The van der Waals surface area contributed by atoms with Gasteiger partial charge in [-0.15, -0.1) is 0 Å². The van der Waals surface area contributed by atoms with Crippen molar-refractivity contribution in [3.05, 3.63) is 57.1 Å². The zero-order chi connectivity index (χ0) is 15.8. The molecule has 0 aliphatic rings. The predicted octanol–water partition coefficient (Wildman–Crippen LogP) is 3.01. The molecule has 0 radical (unpaired) electrons. The van der Waals surface area contributed by atoms with Crippen molar-refractivity contribution in [3.8, 4) is 12.1 Å². The van der Waals surface area contributed by atoms with Crippen molar-refractivity contribution in [2.45, 2.75) is 13.5 Å². The number of hydrogen-bond acceptors (Lipinski definition) is 5. The summed E-state index contributed by atoms with van der Waals surface area (Å²) in [6.07, 6.45) is 2.81. The molecule has 1 N–H and O–H groups in total. The van der Waals surface area contributed by atoms with Crippen molar-refractivity contribution in [2.75, 3.05) is 0 Å². The first-order valence-corrected chi connectivity index (χ1v) is 6.45. The Morgan fingerprint density at radius 3 is 2.00 bits per heavy atom. The van der Waals surface area contributed by atoms with Crippen LogP contribution in [0.5, 0.6) is 0 Å². The number of hydrogen-bond donors (Lipinski definition) is 1. The van der Waals surface area contributed by atoms with Crippen LogP contribution in [-0.4, -0.2) is 15.1 Å². The molecule has 2 aromatic heterocycles. The summed E-state index contributed by atoms with van der Waals surface area (Å²) in [4.78, 5) is 7.68. The molecule has 0 unspecified atom stereocenters. The maximum atomic E-state index is 8.62. The quantitative estimate of drug-likeness (QED) is 0.871. The van der Waals surface area contributed by atoms with Crippen molar-refractivity contribution < 1.29 is 5.11 Å². The summed E-state index contributed by atoms with van der Waals surface area (Å²) < 4.78 is 0. The first-order chi connectivity index (χ1) is 10.0. The Kier molecular flexibility index (Phi) is 6.58. The van der Waals surface area contributed by atoms with Crippen molar-refractivity contribution in [3.63, 3.8) is 0 Å². The summed E-state index contributed by atoms with van der Waals surface area (Å²) in [7, 11) is 0. The van der Waals surface area contributed by atoms with E-state index in [-0.39, 0.29) is 6.61 Å². The predicted molar refractivity (Wildman–Crippen MR) is 78.6 cm³/mol. The highest BCUT2D eigenvalue weighted by molar-refractivity contribution is 6.32. The summed E-state index contributed by atoms with van der Waals surface area (Å²) in [6.45, 7) is 1.67. The highest BCUT2D eigenvalue weighted by Gasteiger charge is 2.00. The molecule has 0 aliphatic carbocycles. The van der Waals surface area contributed by atoms with Gasteiger partial charge in [0.1, 0.15) is 12.1 Å². The Labute approximate surface area is 132 Å². The summed E-state index contributed by atoms with van der Waals surface area (Å²) in [5.74, 6) is 0. The second kappa shape index (κ2) is 8.18. The fraction of sp³-hybridized carbons (Fsp3) is 0.143. The fourth-order valence-electron chi connectivity index (χ4n) is 1.25. The van der Waals surface area contributed by atoms with Gasteiger partial charge < -0.3 is 5.11 Å². The Morgan fingerprint density at radius 1 is 1.05 bits per heavy atom. The average Bonchev–Trinajstić information content (AvgIpc) is 2.48. The lowest BCUT2D eigenvalue weighted by atomic mass is 10.3. The molecule has 0 spiro atoms. The van der Waals surface area contributed by atoms with Gasteiger partial charge in [0.15, 0.2) is 0 Å². The summed E-state index contributed by atoms with van der Waals surface area (Å²) in [6, 6.07) is 6.94. The van der Waals surface area contributed by atoms with Gasteiger partial charge >= 0.3 is 0 Å². The summed E-state index contributed by atoms with van der Waals surface area (Å²) in [5.41, 5.74) is 2.04. The SMILES string of the molecule is Cc1cc(Cl)c(C#N)cn1.N#Cc1cnc(CO)cc1Cl. The largest absolute Gasteiger partial charge is 0.390 e. The molecule has 2 rings (SSSR count). The first kappa shape index (κ1) is 16.9. The van der Waals surface area contributed by atoms with Crippen LogP contribution in [-0.2, 0) is 6.61 Å². The van der Waals surface area contributed by atoms with Gasteiger partial charge in [0.2, 0.25) is 0 Å². The second-order valence-corrected chi connectivity index (χ2v) is 4.66. The van der Waals surface area contributed by atoms with E-state index in [0.717, 1.165) is 5.69 Å². The van der Waals surface area contributed by atoms with E-state index >= 15 is 0 Å². The second-order valence-electron chi connectivity index (χ2n) is 3.84. The van der Waals surface area contributed by atoms with E-state index in [1.54, 1.807) is 6.07 Å². The lowest BCUT2D eigenvalue weighted by molar-refractivity contribution is 0.277. The van der Waals surface area contributed by atoms with Crippen LogP contribution in [0.25, 0.3) is 0 Å². The molecule has 0 atom stereocenters. The van der Waals surface area contributed by atoms with Crippen LogP contribution >= 0.6 is 23.2 Å². The van der Waals surface area contributed by atoms with Gasteiger partial charge in [-0.2, -0.15) is 10.5 Å². The number of halogens is 2. The van der Waals surface area contributed by atoms with Gasteiger partial charge in [0.25, 0.3) is 0 Å². The molecular weight excluding hydrogens is 311 g/mol. The van der Waals surface area contributed by atoms with Gasteiger partial charge in [-0.25, -0.2) is 0 Å². The molecule has 2 aromatic rings. The molecular formula is C14H10Cl2N4O. The Hall–Kier alpha value is -2.18. The molecule has 0 saturated carbocycles. The van der Waals surface area contributed by atoms with Crippen molar-refractivity contribution >= 4 is 23.2 Å². The molecule has 0 bridgehead atoms. The molecule has 2 heterocycles. The standard InChI is InChI=1S/C7H5ClN2O.C7H5ClN2/c8-7-1-6(4-11)10-3-5(7)2-9;1-5-2-7(8)6(3-9)4-10-5/h1,3,11H,4H2;2,4H,1H3. The van der Waals surface area contributed by atoms with Crippen molar-refractivity contribution in [2.24, 2.45) is 0 Å². The third-order valence-electron chi connectivity index (χ3n) is 2.30. The average molecular weight is 321 g/mol. The van der Waals surface area contributed by atoms with Crippen LogP contribution in [0.15, 0.2) is 24.5 Å². The maximum Gasteiger partial charge on any atom is 0.102 e. The minimum atomic E-state index is -0.161. The molecule has 0 saturated heterocycles. The van der Waals surface area contributed by atoms with Crippen LogP contribution < -0.4 is 0 Å². The van der Waals surface area contributed by atoms with E-state index in [1.165, 1.54) is 18.5 Å². The van der Waals surface area contributed by atoms with E-state index in [1.807, 2.05) is 19.1 Å². The van der Waals surface area contributed by atoms with Gasteiger partial charge in [-0.3, -0.25) is 9.97 Å². The van der Waals surface area contributed by atoms with Crippen LogP contribution in [0.4, 0.5) is 0 Å². The Morgan fingerprint density at radius 2 is 1.57 bits per heavy atom. The number of aryl methyl sites for hydroxylation is 1. The lowest BCUT2D eigenvalue weighted by Crippen LogP contribution is -1.89. The van der Waals surface area contributed by atoms with E-state index in [4.69, 9.17) is 38.8 Å². The zero-order valence-electron chi connectivity index (χ0n) is 11.0. The van der Waals surface area contributed by atoms with Gasteiger partial charge in [-0.05, 0) is 19.1 Å². The topological polar surface area (TPSA) is 93.6 Å². The lowest BCUT2D eigenvalue weighted by Gasteiger charge is -1.96. The zero-order valence-corrected chi connectivity index (χ0v) is 12.5. The molecule has 0 amide bonds. The van der Waals surface area contributed by atoms with Crippen LogP contribution in [0, 0.1) is 29.6 Å². The molecule has 0 aromatic carbocycles. The summed E-state index contributed by atoms with van der Waals surface area (Å²) in [5, 5.41) is 26.3. The smallest absolute Gasteiger partial charge is 0.102 e. The van der Waals surface area contributed by atoms with E-state index in [0.29, 0.717) is 26.9 Å². The third kappa shape index (κ3) is 5.02. The molecule has 0 aliphatic heterocycles. The van der Waals surface area contributed by atoms with Crippen molar-refractivity contribution in [1.82, 2.24) is 9.97 Å². The normalized spacial score (nSPS) is 9.05. The molecule has 7 heteroatoms. The van der Waals surface area contributed by atoms with Crippen molar-refractivity contribution in [1.29, 1.82) is 10.5 Å². The Bertz CT molecular complexity index is 720. The third-order valence-corrected chi connectivity index (χ3v) is 2.93. The van der Waals surface area contributed by atoms with E-state index < -0.39 is 0 Å². The van der Waals surface area contributed by atoms with Gasteiger partial charge in [0.05, 0.1) is 33.5 Å². The van der Waals surface area contributed by atoms with Gasteiger partial charge in [-0.1, -0.05) is 23.2 Å². The molecule has 106 valence electrons. The number of aliphatic hydroxyl groups excluding tert-OH is 1. The minimum Gasteiger partial charge on any atom is -0.390 e. The number of nitriles is 2. The highest BCUT2D eigenvalue weighted by Crippen LogP contribution is 2.14. The number of aromatic nitrogens is 2. The van der Waals surface area contributed by atoms with Crippen LogP contribution in [0.1, 0.15) is 22.5 Å². The van der Waals surface area contributed by atoms with Crippen LogP contribution in [0.2, 0.25) is 10.0 Å². The Balaban J connectivity index is 0.000000211. The fourth-order valence-corrected chi connectivity index (χ4v) is 1.71. The number of pyridine rings is 2. The van der Waals surface area contributed by atoms with Gasteiger partial charge in [0, 0.05) is 18.1 Å². The number of aliphatic hydroxyl groups is 1. The monoisotopic (exact) mass is 320 g/mol. The molecule has 0 fully saturated rings. The van der Waals surface area contributed by atoms with E-state index in [2.05, 4.69) is 9.97 Å². The first-order valence-electron chi connectivity index (χ1n) is 5.69.